The molecule has 0 fully saturated rings. The van der Waals surface area contributed by atoms with Gasteiger partial charge in [0.25, 0.3) is 0 Å². The number of rotatable bonds is 8. The van der Waals surface area contributed by atoms with Crippen LogP contribution in [0.25, 0.3) is 0 Å². The van der Waals surface area contributed by atoms with Crippen LogP contribution in [0.4, 0.5) is 0 Å². The zero-order valence-corrected chi connectivity index (χ0v) is 11.9. The van der Waals surface area contributed by atoms with Gasteiger partial charge in [0.15, 0.2) is 0 Å². The van der Waals surface area contributed by atoms with Crippen LogP contribution in [-0.2, 0) is 4.74 Å². The number of furan rings is 1. The number of hydrogen-bond acceptors (Lipinski definition) is 4. The van der Waals surface area contributed by atoms with Crippen molar-refractivity contribution in [3.8, 4) is 0 Å². The Morgan fingerprint density at radius 2 is 2.11 bits per heavy atom. The standard InChI is InChI=1S/C14H26N2O2/c1-11(2)10-16(7-9-17-4)14(12(3)15)13-6-5-8-18-13/h5-6,8,11-12,14H,7,9-10,15H2,1-4H3. The van der Waals surface area contributed by atoms with Crippen molar-refractivity contribution < 1.29 is 9.15 Å². The highest BCUT2D eigenvalue weighted by Crippen LogP contribution is 2.24. The highest BCUT2D eigenvalue weighted by Gasteiger charge is 2.26. The third-order valence-electron chi connectivity index (χ3n) is 2.91. The van der Waals surface area contributed by atoms with Crippen LogP contribution >= 0.6 is 0 Å². The maximum atomic E-state index is 6.13. The van der Waals surface area contributed by atoms with E-state index < -0.39 is 0 Å². The van der Waals surface area contributed by atoms with E-state index in [0.29, 0.717) is 12.5 Å². The van der Waals surface area contributed by atoms with E-state index in [9.17, 15) is 0 Å². The van der Waals surface area contributed by atoms with Crippen LogP contribution in [-0.4, -0.2) is 37.7 Å². The molecule has 4 nitrogen and oxygen atoms in total. The fourth-order valence-electron chi connectivity index (χ4n) is 2.25. The molecule has 0 amide bonds. The lowest BCUT2D eigenvalue weighted by molar-refractivity contribution is 0.0910. The van der Waals surface area contributed by atoms with Gasteiger partial charge in [0.2, 0.25) is 0 Å². The van der Waals surface area contributed by atoms with E-state index in [1.165, 1.54) is 0 Å². The lowest BCUT2D eigenvalue weighted by atomic mass is 10.0. The minimum Gasteiger partial charge on any atom is -0.468 e. The molecular formula is C14H26N2O2. The smallest absolute Gasteiger partial charge is 0.122 e. The highest BCUT2D eigenvalue weighted by molar-refractivity contribution is 5.07. The molecule has 2 N–H and O–H groups in total. The van der Waals surface area contributed by atoms with Gasteiger partial charge in [-0.25, -0.2) is 0 Å². The van der Waals surface area contributed by atoms with Crippen molar-refractivity contribution in [3.63, 3.8) is 0 Å². The van der Waals surface area contributed by atoms with Crippen LogP contribution in [0, 0.1) is 5.92 Å². The monoisotopic (exact) mass is 254 g/mol. The Morgan fingerprint density at radius 1 is 1.39 bits per heavy atom. The Hall–Kier alpha value is -0.840. The lowest BCUT2D eigenvalue weighted by Crippen LogP contribution is -2.42. The van der Waals surface area contributed by atoms with Crippen LogP contribution in [0.2, 0.25) is 0 Å². The Labute approximate surface area is 110 Å². The maximum Gasteiger partial charge on any atom is 0.122 e. The molecule has 0 radical (unpaired) electrons. The number of hydrogen-bond donors (Lipinski definition) is 1. The minimum absolute atomic E-state index is 0.0201. The maximum absolute atomic E-state index is 6.13. The number of ether oxygens (including phenoxy) is 1. The zero-order chi connectivity index (χ0) is 13.5. The van der Waals surface area contributed by atoms with E-state index in [4.69, 9.17) is 14.9 Å². The normalized spacial score (nSPS) is 15.3. The Balaban J connectivity index is 2.83. The molecule has 1 heterocycles. The van der Waals surface area contributed by atoms with E-state index >= 15 is 0 Å². The van der Waals surface area contributed by atoms with E-state index in [2.05, 4.69) is 18.7 Å². The van der Waals surface area contributed by atoms with Gasteiger partial charge in [-0.15, -0.1) is 0 Å². The summed E-state index contributed by atoms with van der Waals surface area (Å²) in [4.78, 5) is 2.34. The van der Waals surface area contributed by atoms with Gasteiger partial charge in [0, 0.05) is 26.2 Å². The molecule has 0 bridgehead atoms. The van der Waals surface area contributed by atoms with Gasteiger partial charge in [-0.3, -0.25) is 4.90 Å². The molecule has 0 aliphatic carbocycles. The SMILES string of the molecule is COCCN(CC(C)C)C(c1ccco1)C(C)N. The van der Waals surface area contributed by atoms with E-state index in [1.807, 2.05) is 19.1 Å². The number of nitrogens with zero attached hydrogens (tertiary/aromatic N) is 1. The molecule has 2 atom stereocenters. The summed E-state index contributed by atoms with van der Waals surface area (Å²) < 4.78 is 10.7. The van der Waals surface area contributed by atoms with Gasteiger partial charge < -0.3 is 14.9 Å². The van der Waals surface area contributed by atoms with E-state index in [1.54, 1.807) is 13.4 Å². The summed E-state index contributed by atoms with van der Waals surface area (Å²) >= 11 is 0. The summed E-state index contributed by atoms with van der Waals surface area (Å²) in [6.45, 7) is 8.99. The van der Waals surface area contributed by atoms with Gasteiger partial charge in [0.05, 0.1) is 18.9 Å². The summed E-state index contributed by atoms with van der Waals surface area (Å²) in [5.41, 5.74) is 6.13. The quantitative estimate of drug-likeness (QED) is 0.773. The molecule has 104 valence electrons. The van der Waals surface area contributed by atoms with Gasteiger partial charge in [-0.05, 0) is 25.0 Å². The van der Waals surface area contributed by atoms with E-state index in [0.717, 1.165) is 18.8 Å². The van der Waals surface area contributed by atoms with Crippen molar-refractivity contribution in [1.82, 2.24) is 4.90 Å². The Morgan fingerprint density at radius 3 is 2.56 bits per heavy atom. The summed E-state index contributed by atoms with van der Waals surface area (Å²) in [6, 6.07) is 4.03. The molecule has 0 saturated heterocycles. The Bertz CT molecular complexity index is 310. The predicted molar refractivity (Wildman–Crippen MR) is 73.4 cm³/mol. The molecule has 2 unspecified atom stereocenters. The van der Waals surface area contributed by atoms with Crippen molar-refractivity contribution in [2.75, 3.05) is 26.8 Å². The third kappa shape index (κ3) is 4.44. The van der Waals surface area contributed by atoms with Gasteiger partial charge in [-0.2, -0.15) is 0 Å². The molecule has 0 spiro atoms. The fourth-order valence-corrected chi connectivity index (χ4v) is 2.25. The van der Waals surface area contributed by atoms with Crippen LogP contribution < -0.4 is 5.73 Å². The predicted octanol–water partition coefficient (Wildman–Crippen LogP) is 2.27. The second-order valence-corrected chi connectivity index (χ2v) is 5.20. The molecule has 1 aromatic heterocycles. The van der Waals surface area contributed by atoms with Gasteiger partial charge in [-0.1, -0.05) is 13.8 Å². The molecule has 0 aromatic carbocycles. The largest absolute Gasteiger partial charge is 0.468 e. The summed E-state index contributed by atoms with van der Waals surface area (Å²) in [7, 11) is 1.72. The molecule has 1 rings (SSSR count). The minimum atomic E-state index is 0.0201. The van der Waals surface area contributed by atoms with Crippen molar-refractivity contribution in [3.05, 3.63) is 24.2 Å². The first-order chi connectivity index (χ1) is 8.56. The summed E-state index contributed by atoms with van der Waals surface area (Å²) in [6.07, 6.45) is 1.70. The molecular weight excluding hydrogens is 228 g/mol. The molecule has 0 aliphatic heterocycles. The van der Waals surface area contributed by atoms with Gasteiger partial charge >= 0.3 is 0 Å². The second-order valence-electron chi connectivity index (χ2n) is 5.20. The van der Waals surface area contributed by atoms with Crippen LogP contribution in [0.5, 0.6) is 0 Å². The van der Waals surface area contributed by atoms with Crippen molar-refractivity contribution >= 4 is 0 Å². The summed E-state index contributed by atoms with van der Waals surface area (Å²) in [5.74, 6) is 1.51. The lowest BCUT2D eigenvalue weighted by Gasteiger charge is -2.33. The fraction of sp³-hybridized carbons (Fsp3) is 0.714. The Kier molecular flexibility index (Phi) is 6.39. The van der Waals surface area contributed by atoms with Crippen LogP contribution in [0.1, 0.15) is 32.6 Å². The molecule has 0 aliphatic rings. The van der Waals surface area contributed by atoms with Crippen molar-refractivity contribution in [1.29, 1.82) is 0 Å². The summed E-state index contributed by atoms with van der Waals surface area (Å²) in [5, 5.41) is 0. The first-order valence-corrected chi connectivity index (χ1v) is 6.58. The average molecular weight is 254 g/mol. The highest BCUT2D eigenvalue weighted by atomic mass is 16.5. The number of nitrogens with two attached hydrogens (primary N) is 1. The number of methoxy groups -OCH3 is 1. The first kappa shape index (κ1) is 15.2. The van der Waals surface area contributed by atoms with Crippen molar-refractivity contribution in [2.24, 2.45) is 11.7 Å². The average Bonchev–Trinajstić information content (AvgIpc) is 2.78. The zero-order valence-electron chi connectivity index (χ0n) is 11.9. The second kappa shape index (κ2) is 7.56. The van der Waals surface area contributed by atoms with Crippen LogP contribution in [0.15, 0.2) is 22.8 Å². The topological polar surface area (TPSA) is 51.6 Å². The molecule has 0 saturated carbocycles. The third-order valence-corrected chi connectivity index (χ3v) is 2.91. The van der Waals surface area contributed by atoms with E-state index in [-0.39, 0.29) is 12.1 Å². The molecule has 1 aromatic rings. The molecule has 18 heavy (non-hydrogen) atoms. The van der Waals surface area contributed by atoms with Crippen molar-refractivity contribution in [2.45, 2.75) is 32.9 Å². The van der Waals surface area contributed by atoms with Gasteiger partial charge in [0.1, 0.15) is 5.76 Å². The van der Waals surface area contributed by atoms with Crippen LogP contribution in [0.3, 0.4) is 0 Å². The first-order valence-electron chi connectivity index (χ1n) is 6.58. The molecule has 4 heteroatoms.